The maximum atomic E-state index is 14.0. The number of aliphatic hydroxyl groups is 1. The Balaban J connectivity index is 2.12. The van der Waals surface area contributed by atoms with Crippen LogP contribution in [0.4, 0.5) is 0 Å². The lowest BCUT2D eigenvalue weighted by Gasteiger charge is -2.32. The van der Waals surface area contributed by atoms with E-state index >= 15 is 0 Å². The molecule has 0 aromatic heterocycles. The Hall–Kier alpha value is -3.22. The number of nitrogens with one attached hydrogen (secondary N) is 5. The molecule has 2 aromatic carbocycles. The highest BCUT2D eigenvalue weighted by Gasteiger charge is 2.34. The topological polar surface area (TPSA) is 155 Å². The van der Waals surface area contributed by atoms with Gasteiger partial charge in [-0.1, -0.05) is 23.7 Å². The van der Waals surface area contributed by atoms with Crippen molar-refractivity contribution in [2.24, 2.45) is 0 Å². The van der Waals surface area contributed by atoms with Gasteiger partial charge in [-0.15, -0.1) is 0 Å². The highest BCUT2D eigenvalue weighted by Crippen LogP contribution is 2.31. The average Bonchev–Trinajstić information content (AvgIpc) is 2.99. The quantitative estimate of drug-likeness (QED) is 0.193. The Bertz CT molecular complexity index is 1240. The maximum Gasteiger partial charge on any atom is 0.245 e. The lowest BCUT2D eigenvalue weighted by molar-refractivity contribution is -0.142. The molecule has 12 heteroatoms. The molecule has 1 aliphatic heterocycles. The molecular weight excluding hydrogens is 560 g/mol. The van der Waals surface area contributed by atoms with E-state index in [2.05, 4.69) is 26.6 Å². The molecule has 7 N–H and O–H groups in total. The van der Waals surface area contributed by atoms with E-state index in [9.17, 15) is 24.6 Å². The molecule has 4 bridgehead atoms. The molecule has 0 unspecified atom stereocenters. The number of carbonyl (C=O) groups excluding carboxylic acids is 3. The lowest BCUT2D eigenvalue weighted by atomic mass is 9.95. The van der Waals surface area contributed by atoms with Gasteiger partial charge in [0, 0.05) is 37.5 Å². The van der Waals surface area contributed by atoms with E-state index in [4.69, 9.17) is 11.6 Å². The monoisotopic (exact) mass is 602 g/mol. The van der Waals surface area contributed by atoms with Gasteiger partial charge < -0.3 is 41.7 Å². The van der Waals surface area contributed by atoms with Gasteiger partial charge in [0.05, 0.1) is 12.6 Å². The zero-order chi connectivity index (χ0) is 30.8. The predicted octanol–water partition coefficient (Wildman–Crippen LogP) is 0.407. The first-order valence-electron chi connectivity index (χ1n) is 14.2. The maximum absolute atomic E-state index is 14.0. The summed E-state index contributed by atoms with van der Waals surface area (Å²) in [4.78, 5) is 42.4. The van der Waals surface area contributed by atoms with Crippen LogP contribution in [0.1, 0.15) is 24.0 Å². The number of halogens is 1. The van der Waals surface area contributed by atoms with Crippen LogP contribution in [-0.2, 0) is 27.2 Å². The van der Waals surface area contributed by atoms with Crippen molar-refractivity contribution in [1.82, 2.24) is 31.5 Å². The lowest BCUT2D eigenvalue weighted by Crippen LogP contribution is -2.58. The fourth-order valence-corrected chi connectivity index (χ4v) is 5.21. The second-order valence-electron chi connectivity index (χ2n) is 10.6. The van der Waals surface area contributed by atoms with Crippen LogP contribution in [0.5, 0.6) is 5.75 Å². The second kappa shape index (κ2) is 15.9. The smallest absolute Gasteiger partial charge is 0.245 e. The Morgan fingerprint density at radius 3 is 2.43 bits per heavy atom. The Morgan fingerprint density at radius 2 is 1.79 bits per heavy atom. The van der Waals surface area contributed by atoms with E-state index in [0.717, 1.165) is 11.1 Å². The van der Waals surface area contributed by atoms with Crippen LogP contribution in [0.25, 0.3) is 11.1 Å². The number of amides is 3. The highest BCUT2D eigenvalue weighted by molar-refractivity contribution is 6.31. The van der Waals surface area contributed by atoms with Crippen LogP contribution in [0, 0.1) is 0 Å². The molecule has 1 heterocycles. The van der Waals surface area contributed by atoms with Crippen molar-refractivity contribution in [2.75, 3.05) is 47.9 Å². The van der Waals surface area contributed by atoms with E-state index in [1.807, 2.05) is 25.2 Å². The van der Waals surface area contributed by atoms with Gasteiger partial charge in [-0.2, -0.15) is 0 Å². The van der Waals surface area contributed by atoms with Gasteiger partial charge in [0.15, 0.2) is 0 Å². The first kappa shape index (κ1) is 33.3. The van der Waals surface area contributed by atoms with E-state index < -0.39 is 35.8 Å². The Kier molecular flexibility index (Phi) is 12.6. The largest absolute Gasteiger partial charge is 0.508 e. The third-order valence-electron chi connectivity index (χ3n) is 7.76. The molecule has 0 saturated carbocycles. The third kappa shape index (κ3) is 8.42. The number of hydrogen-bond acceptors (Lipinski definition) is 8. The number of aromatic hydroxyl groups is 1. The van der Waals surface area contributed by atoms with Crippen LogP contribution in [-0.4, -0.2) is 105 Å². The molecule has 0 saturated heterocycles. The summed E-state index contributed by atoms with van der Waals surface area (Å²) in [5, 5.41) is 35.4. The number of phenolic OH excluding ortho intramolecular Hbond substituents is 1. The second-order valence-corrected chi connectivity index (χ2v) is 11.0. The minimum atomic E-state index is -0.953. The number of benzene rings is 2. The van der Waals surface area contributed by atoms with Gasteiger partial charge in [-0.25, -0.2) is 0 Å². The summed E-state index contributed by atoms with van der Waals surface area (Å²) in [6.07, 6.45) is 1.27. The summed E-state index contributed by atoms with van der Waals surface area (Å²) < 4.78 is 0. The molecule has 2 aromatic rings. The van der Waals surface area contributed by atoms with E-state index in [0.29, 0.717) is 35.5 Å². The van der Waals surface area contributed by atoms with Crippen LogP contribution in [0.15, 0.2) is 36.4 Å². The van der Waals surface area contributed by atoms with E-state index in [1.165, 1.54) is 4.90 Å². The fraction of sp³-hybridized carbons (Fsp3) is 0.500. The minimum Gasteiger partial charge on any atom is -0.508 e. The molecule has 230 valence electrons. The average molecular weight is 603 g/mol. The van der Waals surface area contributed by atoms with Crippen molar-refractivity contribution in [2.45, 2.75) is 49.9 Å². The SMILES string of the molecule is CNCCC[C@@H]1NC(=O)[C@@H](NC)Cc2cc(ccc2O)-c2ccc(Cl)c(c2)C[C@@H](C(=O)NC[C@@H](CO)NC)N(C)C1=O. The van der Waals surface area contributed by atoms with Crippen molar-refractivity contribution in [3.63, 3.8) is 0 Å². The van der Waals surface area contributed by atoms with Crippen LogP contribution < -0.4 is 26.6 Å². The van der Waals surface area contributed by atoms with Gasteiger partial charge in [0.25, 0.3) is 0 Å². The first-order valence-corrected chi connectivity index (χ1v) is 14.6. The van der Waals surface area contributed by atoms with Crippen molar-refractivity contribution < 1.29 is 24.6 Å². The van der Waals surface area contributed by atoms with Crippen molar-refractivity contribution in [3.05, 3.63) is 52.5 Å². The number of rotatable bonds is 10. The molecule has 11 nitrogen and oxygen atoms in total. The minimum absolute atomic E-state index is 0.0613. The fourth-order valence-electron chi connectivity index (χ4n) is 5.01. The number of carbonyl (C=O) groups is 3. The predicted molar refractivity (Wildman–Crippen MR) is 163 cm³/mol. The van der Waals surface area contributed by atoms with Crippen molar-refractivity contribution >= 4 is 29.3 Å². The molecule has 0 fully saturated rings. The summed E-state index contributed by atoms with van der Waals surface area (Å²) in [6.45, 7) is 0.615. The van der Waals surface area contributed by atoms with E-state index in [-0.39, 0.29) is 37.8 Å². The first-order chi connectivity index (χ1) is 20.1. The molecule has 1 aliphatic rings. The number of phenols is 1. The van der Waals surface area contributed by atoms with Crippen molar-refractivity contribution in [1.29, 1.82) is 0 Å². The van der Waals surface area contributed by atoms with Gasteiger partial charge in [-0.05, 0) is 87.0 Å². The molecule has 0 aliphatic carbocycles. The zero-order valence-corrected chi connectivity index (χ0v) is 25.4. The Morgan fingerprint density at radius 1 is 1.10 bits per heavy atom. The Labute approximate surface area is 252 Å². The van der Waals surface area contributed by atoms with Crippen molar-refractivity contribution in [3.8, 4) is 16.9 Å². The summed E-state index contributed by atoms with van der Waals surface area (Å²) in [6, 6.07) is 7.75. The number of fused-ring (bicyclic) bond motifs is 5. The summed E-state index contributed by atoms with van der Waals surface area (Å²) in [5.41, 5.74) is 2.85. The molecule has 4 atom stereocenters. The highest BCUT2D eigenvalue weighted by atomic mass is 35.5. The molecular formula is C30H43ClN6O5. The number of nitrogens with zero attached hydrogens (tertiary/aromatic N) is 1. The number of hydrogen-bond donors (Lipinski definition) is 7. The van der Waals surface area contributed by atoms with Gasteiger partial charge >= 0.3 is 0 Å². The molecule has 3 rings (SSSR count). The van der Waals surface area contributed by atoms with Gasteiger partial charge in [-0.3, -0.25) is 14.4 Å². The van der Waals surface area contributed by atoms with Crippen LogP contribution in [0.2, 0.25) is 5.02 Å². The normalized spacial score (nSPS) is 20.3. The summed E-state index contributed by atoms with van der Waals surface area (Å²) in [5.74, 6) is -1.15. The molecule has 3 amide bonds. The molecule has 0 radical (unpaired) electrons. The summed E-state index contributed by atoms with van der Waals surface area (Å²) in [7, 11) is 6.70. The van der Waals surface area contributed by atoms with E-state index in [1.54, 1.807) is 39.3 Å². The van der Waals surface area contributed by atoms with Gasteiger partial charge in [0.1, 0.15) is 17.8 Å². The van der Waals surface area contributed by atoms with Gasteiger partial charge in [0.2, 0.25) is 17.7 Å². The third-order valence-corrected chi connectivity index (χ3v) is 8.13. The zero-order valence-electron chi connectivity index (χ0n) is 24.7. The molecule has 0 spiro atoms. The standard InChI is InChI=1S/C30H43ClN6O5/c1-32-11-5-6-24-30(42)37(4)26(29(41)35-16-22(17-38)33-2)15-20-12-18(7-9-23(20)31)19-8-10-27(39)21(13-19)14-25(34-3)28(40)36-24/h7-10,12-13,22,24-26,32-34,38-39H,5-6,11,14-17H2,1-4H3,(H,35,41)(H,36,40)/t22-,24-,25-,26-/m0/s1. The van der Waals surface area contributed by atoms with Crippen LogP contribution >= 0.6 is 11.6 Å². The van der Waals surface area contributed by atoms with Crippen LogP contribution in [0.3, 0.4) is 0 Å². The number of aliphatic hydroxyl groups excluding tert-OH is 1. The number of likely N-dealkylation sites (N-methyl/N-ethyl adjacent to an activating group) is 3. The molecule has 42 heavy (non-hydrogen) atoms. The summed E-state index contributed by atoms with van der Waals surface area (Å²) >= 11 is 6.62.